The van der Waals surface area contributed by atoms with E-state index in [9.17, 15) is 0 Å². The third kappa shape index (κ3) is 7.34. The predicted molar refractivity (Wildman–Crippen MR) is 144 cm³/mol. The number of benzene rings is 2. The Morgan fingerprint density at radius 1 is 1.06 bits per heavy atom. The minimum atomic E-state index is 0. The van der Waals surface area contributed by atoms with E-state index in [0.29, 0.717) is 31.5 Å². The third-order valence-electron chi connectivity index (χ3n) is 5.77. The van der Waals surface area contributed by atoms with Crippen LogP contribution in [0.5, 0.6) is 11.5 Å². The first-order valence-corrected chi connectivity index (χ1v) is 11.3. The van der Waals surface area contributed by atoms with Gasteiger partial charge >= 0.3 is 0 Å². The maximum Gasteiger partial charge on any atom is 0.192 e. The zero-order chi connectivity index (χ0) is 23.0. The molecule has 0 spiro atoms. The first-order chi connectivity index (χ1) is 16.1. The molecule has 0 aliphatic heterocycles. The Morgan fingerprint density at radius 2 is 1.79 bits per heavy atom. The molecule has 0 atom stereocenters. The fourth-order valence-corrected chi connectivity index (χ4v) is 3.31. The van der Waals surface area contributed by atoms with Gasteiger partial charge in [-0.1, -0.05) is 30.3 Å². The van der Waals surface area contributed by atoms with Crippen LogP contribution in [0.25, 0.3) is 0 Å². The van der Waals surface area contributed by atoms with Crippen LogP contribution in [0.1, 0.15) is 35.6 Å². The van der Waals surface area contributed by atoms with Crippen LogP contribution >= 0.6 is 24.0 Å². The largest absolute Gasteiger partial charge is 0.497 e. The number of hydrogen-bond donors (Lipinski definition) is 2. The molecule has 0 saturated heterocycles. The molecule has 0 radical (unpaired) electrons. The smallest absolute Gasteiger partial charge is 0.192 e. The maximum absolute atomic E-state index is 6.06. The zero-order valence-corrected chi connectivity index (χ0v) is 22.3. The average Bonchev–Trinajstić information content (AvgIpc) is 3.63. The number of nitrogens with one attached hydrogen (secondary N) is 2. The van der Waals surface area contributed by atoms with Crippen molar-refractivity contribution in [2.45, 2.75) is 39.4 Å². The molecule has 1 aliphatic carbocycles. The van der Waals surface area contributed by atoms with E-state index in [1.807, 2.05) is 61.0 Å². The highest BCUT2D eigenvalue weighted by Crippen LogP contribution is 2.30. The topological polar surface area (TPSA) is 85.6 Å². The number of rotatable bonds is 10. The van der Waals surface area contributed by atoms with Crippen LogP contribution in [0.15, 0.2) is 53.5 Å². The molecule has 1 heterocycles. The standard InChI is InChI=1S/C25H32N6O2.HI/c1-18-29-30-24(31(18)2)16-28-25(26-14-19-10-12-22(32-3)13-11-19)27-15-21-6-4-5-7-23(21)33-17-20-8-9-20;/h4-7,10-13,20H,8-9,14-17H2,1-3H3,(H2,26,27,28);1H. The van der Waals surface area contributed by atoms with Crippen LogP contribution in [0.3, 0.4) is 0 Å². The first-order valence-electron chi connectivity index (χ1n) is 11.3. The number of aliphatic imine (C=N–C) groups is 1. The first kappa shape index (κ1) is 25.8. The number of hydrogen-bond acceptors (Lipinski definition) is 5. The molecule has 9 heteroatoms. The molecule has 1 aliphatic rings. The molecule has 0 unspecified atom stereocenters. The second kappa shape index (κ2) is 12.6. The number of para-hydroxylation sites is 1. The molecule has 8 nitrogen and oxygen atoms in total. The molecular weight excluding hydrogens is 543 g/mol. The molecule has 34 heavy (non-hydrogen) atoms. The van der Waals surface area contributed by atoms with E-state index in [4.69, 9.17) is 14.5 Å². The van der Waals surface area contributed by atoms with E-state index < -0.39 is 0 Å². The summed E-state index contributed by atoms with van der Waals surface area (Å²) in [6.07, 6.45) is 2.54. The van der Waals surface area contributed by atoms with E-state index in [1.165, 1.54) is 12.8 Å². The Kier molecular flexibility index (Phi) is 9.55. The molecule has 1 saturated carbocycles. The van der Waals surface area contributed by atoms with Gasteiger partial charge in [0.25, 0.3) is 0 Å². The summed E-state index contributed by atoms with van der Waals surface area (Å²) in [5.41, 5.74) is 2.20. The third-order valence-corrected chi connectivity index (χ3v) is 5.77. The van der Waals surface area contributed by atoms with Gasteiger partial charge in [-0.3, -0.25) is 0 Å². The van der Waals surface area contributed by atoms with Crippen LogP contribution in [-0.4, -0.2) is 34.4 Å². The van der Waals surface area contributed by atoms with Crippen LogP contribution in [0, 0.1) is 12.8 Å². The summed E-state index contributed by atoms with van der Waals surface area (Å²) in [7, 11) is 3.63. The van der Waals surface area contributed by atoms with Gasteiger partial charge in [0, 0.05) is 19.2 Å². The van der Waals surface area contributed by atoms with E-state index in [-0.39, 0.29) is 24.0 Å². The van der Waals surface area contributed by atoms with E-state index in [0.717, 1.165) is 40.9 Å². The number of methoxy groups -OCH3 is 1. The van der Waals surface area contributed by atoms with Crippen molar-refractivity contribution < 1.29 is 9.47 Å². The number of halogens is 1. The van der Waals surface area contributed by atoms with Gasteiger partial charge in [0.1, 0.15) is 17.3 Å². The summed E-state index contributed by atoms with van der Waals surface area (Å²) < 4.78 is 13.3. The predicted octanol–water partition coefficient (Wildman–Crippen LogP) is 3.97. The number of guanidine groups is 1. The monoisotopic (exact) mass is 576 g/mol. The molecule has 0 amide bonds. The molecule has 182 valence electrons. The summed E-state index contributed by atoms with van der Waals surface area (Å²) in [4.78, 5) is 4.79. The minimum absolute atomic E-state index is 0. The lowest BCUT2D eigenvalue weighted by Gasteiger charge is -2.15. The van der Waals surface area contributed by atoms with Gasteiger partial charge in [-0.15, -0.1) is 34.2 Å². The summed E-state index contributed by atoms with van der Waals surface area (Å²) in [6.45, 7) is 4.39. The van der Waals surface area contributed by atoms with Crippen molar-refractivity contribution in [3.8, 4) is 11.5 Å². The molecule has 3 aromatic rings. The number of aromatic nitrogens is 3. The van der Waals surface area contributed by atoms with Crippen LogP contribution in [0.4, 0.5) is 0 Å². The number of ether oxygens (including phenoxy) is 2. The van der Waals surface area contributed by atoms with Gasteiger partial charge in [0.05, 0.1) is 26.8 Å². The Bertz CT molecular complexity index is 1080. The highest BCUT2D eigenvalue weighted by atomic mass is 127. The van der Waals surface area contributed by atoms with Gasteiger partial charge in [-0.25, -0.2) is 4.99 Å². The number of nitrogens with zero attached hydrogens (tertiary/aromatic N) is 4. The Hall–Kier alpha value is -2.82. The molecular formula is C25H33IN6O2. The van der Waals surface area contributed by atoms with Crippen LogP contribution in [-0.2, 0) is 26.7 Å². The molecule has 2 N–H and O–H groups in total. The zero-order valence-electron chi connectivity index (χ0n) is 20.0. The highest BCUT2D eigenvalue weighted by Gasteiger charge is 2.22. The van der Waals surface area contributed by atoms with E-state index in [1.54, 1.807) is 7.11 Å². The minimum Gasteiger partial charge on any atom is -0.497 e. The van der Waals surface area contributed by atoms with Crippen molar-refractivity contribution in [2.75, 3.05) is 13.7 Å². The van der Waals surface area contributed by atoms with Crippen LogP contribution in [0.2, 0.25) is 0 Å². The Balaban J connectivity index is 0.00000324. The summed E-state index contributed by atoms with van der Waals surface area (Å²) >= 11 is 0. The van der Waals surface area contributed by atoms with Crippen molar-refractivity contribution in [1.29, 1.82) is 0 Å². The average molecular weight is 576 g/mol. The van der Waals surface area contributed by atoms with Crippen molar-refractivity contribution in [1.82, 2.24) is 25.4 Å². The van der Waals surface area contributed by atoms with Gasteiger partial charge < -0.3 is 24.7 Å². The highest BCUT2D eigenvalue weighted by molar-refractivity contribution is 14.0. The lowest BCUT2D eigenvalue weighted by Crippen LogP contribution is -2.37. The van der Waals surface area contributed by atoms with Crippen molar-refractivity contribution in [3.05, 3.63) is 71.3 Å². The lowest BCUT2D eigenvalue weighted by molar-refractivity contribution is 0.296. The molecule has 1 fully saturated rings. The normalized spacial score (nSPS) is 13.2. The van der Waals surface area contributed by atoms with Crippen molar-refractivity contribution in [2.24, 2.45) is 18.0 Å². The van der Waals surface area contributed by atoms with Gasteiger partial charge in [0.15, 0.2) is 11.8 Å². The van der Waals surface area contributed by atoms with Gasteiger partial charge in [-0.05, 0) is 49.4 Å². The van der Waals surface area contributed by atoms with Crippen molar-refractivity contribution >= 4 is 29.9 Å². The quantitative estimate of drug-likeness (QED) is 0.216. The van der Waals surface area contributed by atoms with Crippen molar-refractivity contribution in [3.63, 3.8) is 0 Å². The van der Waals surface area contributed by atoms with Crippen LogP contribution < -0.4 is 20.1 Å². The lowest BCUT2D eigenvalue weighted by atomic mass is 10.2. The molecule has 1 aromatic heterocycles. The number of aryl methyl sites for hydroxylation is 1. The fourth-order valence-electron chi connectivity index (χ4n) is 3.31. The summed E-state index contributed by atoms with van der Waals surface area (Å²) in [5.74, 6) is 4.89. The summed E-state index contributed by atoms with van der Waals surface area (Å²) in [5, 5.41) is 15.2. The van der Waals surface area contributed by atoms with E-state index in [2.05, 4.69) is 26.9 Å². The Morgan fingerprint density at radius 3 is 2.47 bits per heavy atom. The van der Waals surface area contributed by atoms with Gasteiger partial charge in [0.2, 0.25) is 0 Å². The fraction of sp³-hybridized carbons (Fsp3) is 0.400. The molecule has 0 bridgehead atoms. The molecule has 2 aromatic carbocycles. The maximum atomic E-state index is 6.06. The Labute approximate surface area is 218 Å². The second-order valence-corrected chi connectivity index (χ2v) is 8.30. The second-order valence-electron chi connectivity index (χ2n) is 8.30. The SMILES string of the molecule is COc1ccc(CN=C(NCc2ccccc2OCC2CC2)NCc2nnc(C)n2C)cc1.I. The summed E-state index contributed by atoms with van der Waals surface area (Å²) in [6, 6.07) is 16.1. The molecule has 4 rings (SSSR count). The van der Waals surface area contributed by atoms with E-state index >= 15 is 0 Å². The van der Waals surface area contributed by atoms with Gasteiger partial charge in [-0.2, -0.15) is 0 Å².